The summed E-state index contributed by atoms with van der Waals surface area (Å²) in [6, 6.07) is 8.50. The van der Waals surface area contributed by atoms with Crippen molar-refractivity contribution in [2.45, 2.75) is 19.4 Å². The fourth-order valence-electron chi connectivity index (χ4n) is 2.17. The summed E-state index contributed by atoms with van der Waals surface area (Å²) in [7, 11) is 1.53. The Morgan fingerprint density at radius 3 is 2.68 bits per heavy atom. The van der Waals surface area contributed by atoms with Crippen molar-refractivity contribution in [3.05, 3.63) is 51.7 Å². The number of thiophene rings is 1. The molecular formula is C16H17NO4S. The quantitative estimate of drug-likeness (QED) is 0.858. The maximum absolute atomic E-state index is 12.3. The number of hydrogen-bond acceptors (Lipinski definition) is 4. The highest BCUT2D eigenvalue weighted by Gasteiger charge is 2.21. The number of carbonyl (C=O) groups is 2. The molecule has 1 unspecified atom stereocenters. The van der Waals surface area contributed by atoms with Crippen molar-refractivity contribution in [1.82, 2.24) is 5.32 Å². The van der Waals surface area contributed by atoms with E-state index in [1.807, 2.05) is 31.2 Å². The van der Waals surface area contributed by atoms with Crippen LogP contribution in [0.4, 0.5) is 0 Å². The third-order valence-corrected chi connectivity index (χ3v) is 4.19. The lowest BCUT2D eigenvalue weighted by Crippen LogP contribution is -2.30. The third-order valence-electron chi connectivity index (χ3n) is 3.28. The molecule has 2 rings (SSSR count). The molecule has 0 saturated carbocycles. The summed E-state index contributed by atoms with van der Waals surface area (Å²) in [5, 5.41) is 13.6. The van der Waals surface area contributed by atoms with E-state index in [9.17, 15) is 9.59 Å². The molecular weight excluding hydrogens is 302 g/mol. The van der Waals surface area contributed by atoms with E-state index in [0.717, 1.165) is 11.1 Å². The second-order valence-electron chi connectivity index (χ2n) is 4.83. The van der Waals surface area contributed by atoms with Gasteiger partial charge in [0.15, 0.2) is 0 Å². The topological polar surface area (TPSA) is 75.6 Å². The van der Waals surface area contributed by atoms with Gasteiger partial charge in [-0.15, -0.1) is 11.3 Å². The number of aryl methyl sites for hydroxylation is 1. The first-order chi connectivity index (χ1) is 10.5. The van der Waals surface area contributed by atoms with E-state index in [1.165, 1.54) is 18.4 Å². The van der Waals surface area contributed by atoms with Gasteiger partial charge < -0.3 is 15.2 Å². The van der Waals surface area contributed by atoms with E-state index in [0.29, 0.717) is 10.6 Å². The van der Waals surface area contributed by atoms with Crippen molar-refractivity contribution >= 4 is 23.2 Å². The number of hydrogen-bond donors (Lipinski definition) is 2. The smallest absolute Gasteiger partial charge is 0.305 e. The number of carboxylic acid groups (broad SMARTS) is 1. The fraction of sp³-hybridized carbons (Fsp3) is 0.250. The molecule has 22 heavy (non-hydrogen) atoms. The van der Waals surface area contributed by atoms with Crippen molar-refractivity contribution in [1.29, 1.82) is 0 Å². The van der Waals surface area contributed by atoms with E-state index < -0.39 is 12.0 Å². The number of benzene rings is 1. The summed E-state index contributed by atoms with van der Waals surface area (Å²) >= 11 is 1.26. The average Bonchev–Trinajstić information content (AvgIpc) is 2.95. The molecule has 0 aliphatic heterocycles. The van der Waals surface area contributed by atoms with E-state index in [2.05, 4.69) is 5.32 Å². The molecule has 2 aromatic rings. The van der Waals surface area contributed by atoms with Crippen LogP contribution in [0.5, 0.6) is 5.75 Å². The Morgan fingerprint density at radius 2 is 2.09 bits per heavy atom. The Balaban J connectivity index is 2.21. The maximum Gasteiger partial charge on any atom is 0.305 e. The second-order valence-corrected chi connectivity index (χ2v) is 5.74. The molecule has 116 valence electrons. The van der Waals surface area contributed by atoms with Crippen LogP contribution in [0.15, 0.2) is 35.7 Å². The molecule has 0 saturated heterocycles. The minimum atomic E-state index is -0.961. The first-order valence-corrected chi connectivity index (χ1v) is 7.60. The number of rotatable bonds is 6. The van der Waals surface area contributed by atoms with Gasteiger partial charge in [0.05, 0.1) is 24.4 Å². The summed E-state index contributed by atoms with van der Waals surface area (Å²) in [6.45, 7) is 1.89. The molecule has 0 radical (unpaired) electrons. The van der Waals surface area contributed by atoms with Gasteiger partial charge >= 0.3 is 5.97 Å². The molecule has 1 atom stereocenters. The van der Waals surface area contributed by atoms with Gasteiger partial charge in [-0.1, -0.05) is 24.3 Å². The van der Waals surface area contributed by atoms with Crippen molar-refractivity contribution < 1.29 is 19.4 Å². The molecule has 1 amide bonds. The maximum atomic E-state index is 12.3. The molecule has 1 aromatic carbocycles. The van der Waals surface area contributed by atoms with Crippen LogP contribution in [0.2, 0.25) is 0 Å². The molecule has 0 spiro atoms. The van der Waals surface area contributed by atoms with Crippen LogP contribution >= 0.6 is 11.3 Å². The van der Waals surface area contributed by atoms with Gasteiger partial charge in [0.2, 0.25) is 0 Å². The number of carboxylic acids is 1. The number of methoxy groups -OCH3 is 1. The van der Waals surface area contributed by atoms with Crippen molar-refractivity contribution in [3.63, 3.8) is 0 Å². The molecule has 1 heterocycles. The molecule has 2 N–H and O–H groups in total. The lowest BCUT2D eigenvalue weighted by molar-refractivity contribution is -0.137. The molecule has 0 fully saturated rings. The minimum absolute atomic E-state index is 0.168. The summed E-state index contributed by atoms with van der Waals surface area (Å²) in [5.41, 5.74) is 1.75. The van der Waals surface area contributed by atoms with Gasteiger partial charge in [-0.2, -0.15) is 0 Å². The molecule has 0 aliphatic rings. The summed E-state index contributed by atoms with van der Waals surface area (Å²) in [6.07, 6.45) is -0.168. The Bertz CT molecular complexity index is 680. The SMILES string of the molecule is COc1csc(C(=O)NC(CC(=O)O)c2ccccc2C)c1. The van der Waals surface area contributed by atoms with Crippen LogP contribution in [-0.2, 0) is 4.79 Å². The van der Waals surface area contributed by atoms with Crippen molar-refractivity contribution in [2.24, 2.45) is 0 Å². The van der Waals surface area contributed by atoms with E-state index in [4.69, 9.17) is 9.84 Å². The third kappa shape index (κ3) is 3.85. The highest BCUT2D eigenvalue weighted by atomic mass is 32.1. The van der Waals surface area contributed by atoms with Gasteiger partial charge in [0, 0.05) is 11.4 Å². The molecule has 6 heteroatoms. The summed E-state index contributed by atoms with van der Waals surface area (Å²) in [4.78, 5) is 23.9. The summed E-state index contributed by atoms with van der Waals surface area (Å²) < 4.78 is 5.05. The fourth-order valence-corrected chi connectivity index (χ4v) is 2.92. The number of carbonyl (C=O) groups excluding carboxylic acids is 1. The van der Waals surface area contributed by atoms with E-state index in [1.54, 1.807) is 11.4 Å². The number of amides is 1. The Kier molecular flexibility index (Phi) is 5.16. The molecule has 0 aliphatic carbocycles. The lowest BCUT2D eigenvalue weighted by Gasteiger charge is -2.19. The highest BCUT2D eigenvalue weighted by Crippen LogP contribution is 2.24. The zero-order chi connectivity index (χ0) is 16.1. The predicted molar refractivity (Wildman–Crippen MR) is 84.5 cm³/mol. The highest BCUT2D eigenvalue weighted by molar-refractivity contribution is 7.12. The predicted octanol–water partition coefficient (Wildman–Crippen LogP) is 3.01. The van der Waals surface area contributed by atoms with Gasteiger partial charge in [0.25, 0.3) is 5.91 Å². The zero-order valence-corrected chi connectivity index (χ0v) is 13.1. The van der Waals surface area contributed by atoms with Crippen LogP contribution in [0.3, 0.4) is 0 Å². The second kappa shape index (κ2) is 7.09. The van der Waals surface area contributed by atoms with Crippen molar-refractivity contribution in [2.75, 3.05) is 7.11 Å². The van der Waals surface area contributed by atoms with Crippen LogP contribution in [0.1, 0.15) is 33.3 Å². The van der Waals surface area contributed by atoms with Crippen LogP contribution in [0, 0.1) is 6.92 Å². The Hall–Kier alpha value is -2.34. The van der Waals surface area contributed by atoms with Gasteiger partial charge in [0.1, 0.15) is 5.75 Å². The van der Waals surface area contributed by atoms with Crippen LogP contribution in [-0.4, -0.2) is 24.1 Å². The average molecular weight is 319 g/mol. The zero-order valence-electron chi connectivity index (χ0n) is 12.3. The van der Waals surface area contributed by atoms with Gasteiger partial charge in [-0.05, 0) is 18.1 Å². The van der Waals surface area contributed by atoms with E-state index >= 15 is 0 Å². The number of nitrogens with one attached hydrogen (secondary N) is 1. The Labute approximate surface area is 132 Å². The molecule has 5 nitrogen and oxygen atoms in total. The first kappa shape index (κ1) is 16.0. The monoisotopic (exact) mass is 319 g/mol. The molecule has 0 bridgehead atoms. The van der Waals surface area contributed by atoms with Crippen molar-refractivity contribution in [3.8, 4) is 5.75 Å². The largest absolute Gasteiger partial charge is 0.496 e. The van der Waals surface area contributed by atoms with Gasteiger partial charge in [-0.25, -0.2) is 0 Å². The van der Waals surface area contributed by atoms with Crippen LogP contribution < -0.4 is 10.1 Å². The first-order valence-electron chi connectivity index (χ1n) is 6.72. The molecule has 1 aromatic heterocycles. The summed E-state index contributed by atoms with van der Waals surface area (Å²) in [5.74, 6) is -0.652. The minimum Gasteiger partial charge on any atom is -0.496 e. The number of ether oxygens (including phenoxy) is 1. The standard InChI is InChI=1S/C16H17NO4S/c1-10-5-3-4-6-12(10)13(8-15(18)19)17-16(20)14-7-11(21-2)9-22-14/h3-7,9,13H,8H2,1-2H3,(H,17,20)(H,18,19). The lowest BCUT2D eigenvalue weighted by atomic mass is 9.98. The number of aliphatic carboxylic acids is 1. The Morgan fingerprint density at radius 1 is 1.36 bits per heavy atom. The normalized spacial score (nSPS) is 11.7. The van der Waals surface area contributed by atoms with E-state index in [-0.39, 0.29) is 12.3 Å². The van der Waals surface area contributed by atoms with Gasteiger partial charge in [-0.3, -0.25) is 9.59 Å². The van der Waals surface area contributed by atoms with Crippen LogP contribution in [0.25, 0.3) is 0 Å².